The van der Waals surface area contributed by atoms with Gasteiger partial charge in [0.15, 0.2) is 6.23 Å². The van der Waals surface area contributed by atoms with Crippen LogP contribution in [0.5, 0.6) is 0 Å². The van der Waals surface area contributed by atoms with Gasteiger partial charge in [-0.25, -0.2) is 0 Å². The highest BCUT2D eigenvalue weighted by molar-refractivity contribution is 6.68. The average molecular weight is 446 g/mol. The number of alkyl halides is 3. The maximum absolute atomic E-state index is 11.4. The minimum absolute atomic E-state index is 0.224. The number of amides is 2. The summed E-state index contributed by atoms with van der Waals surface area (Å²) in [7, 11) is 0. The molecule has 28 heavy (non-hydrogen) atoms. The van der Waals surface area contributed by atoms with Crippen LogP contribution < -0.4 is 11.1 Å². The summed E-state index contributed by atoms with van der Waals surface area (Å²) >= 11 is 16.2. The molecule has 2 aromatic carbocycles. The summed E-state index contributed by atoms with van der Waals surface area (Å²) in [6.07, 6.45) is 0.470. The van der Waals surface area contributed by atoms with E-state index in [9.17, 15) is 14.7 Å². The Morgan fingerprint density at radius 3 is 1.71 bits per heavy atom. The third-order valence-corrected chi connectivity index (χ3v) is 4.21. The predicted octanol–water partition coefficient (Wildman–Crippen LogP) is 3.53. The van der Waals surface area contributed by atoms with Crippen molar-refractivity contribution in [3.05, 3.63) is 71.8 Å². The normalized spacial score (nSPS) is 11.7. The second-order valence-corrected chi connectivity index (χ2v) is 8.32. The first-order valence-corrected chi connectivity index (χ1v) is 9.72. The summed E-state index contributed by atoms with van der Waals surface area (Å²) in [5.74, 6) is -0.610. The Morgan fingerprint density at radius 1 is 0.893 bits per heavy atom. The van der Waals surface area contributed by atoms with Gasteiger partial charge in [0.25, 0.3) is 0 Å². The number of hydrogen-bond donors (Lipinski definition) is 3. The minimum Gasteiger partial charge on any atom is -0.370 e. The van der Waals surface area contributed by atoms with E-state index in [2.05, 4.69) is 5.32 Å². The molecule has 0 heterocycles. The van der Waals surface area contributed by atoms with Gasteiger partial charge in [0, 0.05) is 12.8 Å². The Kier molecular flexibility index (Phi) is 10.9. The molecular formula is C20H23Cl3N2O3. The minimum atomic E-state index is -1.91. The number of aryl methyl sites for hydroxylation is 2. The van der Waals surface area contributed by atoms with Crippen molar-refractivity contribution in [3.63, 3.8) is 0 Å². The van der Waals surface area contributed by atoms with Crippen LogP contribution in [0.15, 0.2) is 60.7 Å². The van der Waals surface area contributed by atoms with Gasteiger partial charge in [0.1, 0.15) is 0 Å². The molecule has 2 amide bonds. The number of nitrogens with two attached hydrogens (primary N) is 1. The van der Waals surface area contributed by atoms with E-state index in [-0.39, 0.29) is 18.2 Å². The molecule has 0 spiro atoms. The average Bonchev–Trinajstić information content (AvgIpc) is 2.66. The van der Waals surface area contributed by atoms with Crippen LogP contribution in [0.3, 0.4) is 0 Å². The number of hydrogen-bond acceptors (Lipinski definition) is 3. The van der Waals surface area contributed by atoms with Crippen molar-refractivity contribution in [2.24, 2.45) is 5.73 Å². The molecule has 0 aromatic heterocycles. The Bertz CT molecular complexity index is 722. The van der Waals surface area contributed by atoms with Gasteiger partial charge in [-0.15, -0.1) is 0 Å². The number of rotatable bonds is 7. The van der Waals surface area contributed by atoms with Gasteiger partial charge in [-0.3, -0.25) is 9.59 Å². The number of nitrogens with one attached hydrogen (secondary N) is 1. The molecule has 152 valence electrons. The highest BCUT2D eigenvalue weighted by Gasteiger charge is 2.31. The summed E-state index contributed by atoms with van der Waals surface area (Å²) in [5.41, 5.74) is 7.19. The Morgan fingerprint density at radius 2 is 1.32 bits per heavy atom. The zero-order chi connectivity index (χ0) is 21.0. The first kappa shape index (κ1) is 24.2. The van der Waals surface area contributed by atoms with Crippen LogP contribution >= 0.6 is 34.8 Å². The van der Waals surface area contributed by atoms with E-state index in [0.29, 0.717) is 12.8 Å². The Hall–Kier alpha value is -1.79. The summed E-state index contributed by atoms with van der Waals surface area (Å²) in [6, 6.07) is 19.4. The van der Waals surface area contributed by atoms with E-state index in [1.54, 1.807) is 0 Å². The quantitative estimate of drug-likeness (QED) is 0.449. The Balaban J connectivity index is 0.000000307. The maximum Gasteiger partial charge on any atom is 0.234 e. The van der Waals surface area contributed by atoms with E-state index in [1.165, 1.54) is 0 Å². The summed E-state index contributed by atoms with van der Waals surface area (Å²) in [4.78, 5) is 21.8. The van der Waals surface area contributed by atoms with Crippen LogP contribution in [-0.4, -0.2) is 26.9 Å². The third-order valence-electron chi connectivity index (χ3n) is 3.59. The molecule has 0 aliphatic carbocycles. The topological polar surface area (TPSA) is 92.4 Å². The molecule has 8 heteroatoms. The van der Waals surface area contributed by atoms with E-state index >= 15 is 0 Å². The highest BCUT2D eigenvalue weighted by atomic mass is 35.6. The molecule has 0 fully saturated rings. The van der Waals surface area contributed by atoms with Gasteiger partial charge in [0.2, 0.25) is 15.6 Å². The number of benzene rings is 2. The third kappa shape index (κ3) is 11.1. The van der Waals surface area contributed by atoms with Gasteiger partial charge in [-0.1, -0.05) is 95.5 Å². The molecule has 0 aliphatic heterocycles. The van der Waals surface area contributed by atoms with E-state index in [0.717, 1.165) is 17.5 Å². The van der Waals surface area contributed by atoms with Gasteiger partial charge < -0.3 is 16.2 Å². The largest absolute Gasteiger partial charge is 0.370 e. The molecule has 0 saturated carbocycles. The lowest BCUT2D eigenvalue weighted by Crippen LogP contribution is -2.43. The molecular weight excluding hydrogens is 423 g/mol. The molecule has 4 N–H and O–H groups in total. The number of carbonyl (C=O) groups excluding carboxylic acids is 2. The fourth-order valence-electron chi connectivity index (χ4n) is 2.12. The van der Waals surface area contributed by atoms with Crippen molar-refractivity contribution >= 4 is 46.6 Å². The van der Waals surface area contributed by atoms with Gasteiger partial charge in [-0.05, 0) is 24.0 Å². The predicted molar refractivity (Wildman–Crippen MR) is 113 cm³/mol. The summed E-state index contributed by atoms with van der Waals surface area (Å²) < 4.78 is -1.91. The molecule has 2 aromatic rings. The highest BCUT2D eigenvalue weighted by Crippen LogP contribution is 2.28. The second-order valence-electron chi connectivity index (χ2n) is 5.95. The standard InChI is InChI=1S/C11H12Cl3NO2.C9H11NO/c12-11(13,14)10(17)15-9(16)7-6-8-4-2-1-3-5-8;10-9(11)7-6-8-4-2-1-3-5-8/h1-5,10,17H,6-7H2,(H,15,16);1-5H,6-7H2,(H2,10,11). The SMILES string of the molecule is NC(=O)CCc1ccccc1.O=C(CCc1ccccc1)NC(O)C(Cl)(Cl)Cl. The van der Waals surface area contributed by atoms with E-state index in [1.807, 2.05) is 60.7 Å². The van der Waals surface area contributed by atoms with Gasteiger partial charge in [-0.2, -0.15) is 0 Å². The molecule has 5 nitrogen and oxygen atoms in total. The van der Waals surface area contributed by atoms with Crippen LogP contribution in [0, 0.1) is 0 Å². The van der Waals surface area contributed by atoms with Crippen molar-refractivity contribution in [1.82, 2.24) is 5.32 Å². The molecule has 1 atom stereocenters. The lowest BCUT2D eigenvalue weighted by atomic mass is 10.1. The zero-order valence-electron chi connectivity index (χ0n) is 15.2. The smallest absolute Gasteiger partial charge is 0.234 e. The summed E-state index contributed by atoms with van der Waals surface area (Å²) in [5, 5.41) is 11.5. The maximum atomic E-state index is 11.4. The fraction of sp³-hybridized carbons (Fsp3) is 0.300. The van der Waals surface area contributed by atoms with Crippen molar-refractivity contribution in [2.75, 3.05) is 0 Å². The lowest BCUT2D eigenvalue weighted by molar-refractivity contribution is -0.124. The van der Waals surface area contributed by atoms with Crippen LogP contribution in [0.1, 0.15) is 24.0 Å². The lowest BCUT2D eigenvalue weighted by Gasteiger charge is -2.19. The zero-order valence-corrected chi connectivity index (χ0v) is 17.4. The van der Waals surface area contributed by atoms with Crippen LogP contribution in [0.25, 0.3) is 0 Å². The van der Waals surface area contributed by atoms with E-state index in [4.69, 9.17) is 40.5 Å². The molecule has 0 saturated heterocycles. The Labute approximate surface area is 179 Å². The van der Waals surface area contributed by atoms with E-state index < -0.39 is 10.0 Å². The number of halogens is 3. The molecule has 0 bridgehead atoms. The van der Waals surface area contributed by atoms with Gasteiger partial charge in [0.05, 0.1) is 0 Å². The van der Waals surface area contributed by atoms with Crippen LogP contribution in [0.2, 0.25) is 0 Å². The van der Waals surface area contributed by atoms with Crippen molar-refractivity contribution in [1.29, 1.82) is 0 Å². The number of aliphatic hydroxyl groups excluding tert-OH is 1. The molecule has 0 aliphatic rings. The number of primary amides is 1. The fourth-order valence-corrected chi connectivity index (χ4v) is 2.28. The molecule has 2 rings (SSSR count). The summed E-state index contributed by atoms with van der Waals surface area (Å²) in [6.45, 7) is 0. The molecule has 0 radical (unpaired) electrons. The first-order valence-electron chi connectivity index (χ1n) is 8.59. The monoisotopic (exact) mass is 444 g/mol. The van der Waals surface area contributed by atoms with Crippen LogP contribution in [0.4, 0.5) is 0 Å². The number of carbonyl (C=O) groups is 2. The van der Waals surface area contributed by atoms with Crippen molar-refractivity contribution in [2.45, 2.75) is 35.7 Å². The number of aliphatic hydroxyl groups is 1. The second kappa shape index (κ2) is 12.6. The van der Waals surface area contributed by atoms with Crippen molar-refractivity contribution < 1.29 is 14.7 Å². The van der Waals surface area contributed by atoms with Crippen molar-refractivity contribution in [3.8, 4) is 0 Å². The van der Waals surface area contributed by atoms with Crippen LogP contribution in [-0.2, 0) is 22.4 Å². The molecule has 1 unspecified atom stereocenters. The van der Waals surface area contributed by atoms with Gasteiger partial charge >= 0.3 is 0 Å². The first-order chi connectivity index (χ1) is 13.2.